The van der Waals surface area contributed by atoms with Gasteiger partial charge in [0.1, 0.15) is 17.2 Å². The molecule has 152 valence electrons. The average molecular weight is 429 g/mol. The Hall–Kier alpha value is -2.49. The largest absolute Gasteiger partial charge is 0.497 e. The van der Waals surface area contributed by atoms with Gasteiger partial charge >= 0.3 is 0 Å². The Balaban J connectivity index is 2.15. The number of methoxy groups -OCH3 is 3. The number of halogens is 1. The van der Waals surface area contributed by atoms with E-state index in [0.29, 0.717) is 28.0 Å². The van der Waals surface area contributed by atoms with Crippen LogP contribution >= 0.6 is 11.6 Å². The summed E-state index contributed by atoms with van der Waals surface area (Å²) < 4.78 is 41.5. The predicted octanol–water partition coefficient (Wildman–Crippen LogP) is 2.63. The highest BCUT2D eigenvalue weighted by Crippen LogP contribution is 2.35. The van der Waals surface area contributed by atoms with Crippen LogP contribution in [0.5, 0.6) is 17.2 Å². The van der Waals surface area contributed by atoms with Gasteiger partial charge in [-0.3, -0.25) is 4.79 Å². The van der Waals surface area contributed by atoms with Crippen LogP contribution in [0, 0.1) is 0 Å². The van der Waals surface area contributed by atoms with E-state index in [0.717, 1.165) is 4.31 Å². The quantitative estimate of drug-likeness (QED) is 0.694. The van der Waals surface area contributed by atoms with E-state index in [1.54, 1.807) is 0 Å². The summed E-state index contributed by atoms with van der Waals surface area (Å²) >= 11 is 6.04. The van der Waals surface area contributed by atoms with Crippen LogP contribution in [0.3, 0.4) is 0 Å². The molecule has 2 rings (SSSR count). The molecule has 0 unspecified atom stereocenters. The van der Waals surface area contributed by atoms with Gasteiger partial charge in [-0.25, -0.2) is 8.42 Å². The average Bonchev–Trinajstić information content (AvgIpc) is 2.68. The molecule has 0 fully saturated rings. The fraction of sp³-hybridized carbons (Fsp3) is 0.278. The van der Waals surface area contributed by atoms with Crippen LogP contribution in [0.1, 0.15) is 0 Å². The van der Waals surface area contributed by atoms with Crippen molar-refractivity contribution in [3.63, 3.8) is 0 Å². The van der Waals surface area contributed by atoms with Crippen LogP contribution in [0.4, 0.5) is 5.69 Å². The maximum Gasteiger partial charge on any atom is 0.243 e. The summed E-state index contributed by atoms with van der Waals surface area (Å²) in [7, 11) is 1.82. The van der Waals surface area contributed by atoms with Crippen molar-refractivity contribution in [2.24, 2.45) is 0 Å². The second-order valence-corrected chi connectivity index (χ2v) is 8.12. The van der Waals surface area contributed by atoms with Gasteiger partial charge in [-0.15, -0.1) is 0 Å². The molecular weight excluding hydrogens is 408 g/mol. The highest BCUT2D eigenvalue weighted by Gasteiger charge is 2.23. The molecular formula is C18H21ClN2O6S. The molecule has 2 aromatic carbocycles. The van der Waals surface area contributed by atoms with Gasteiger partial charge in [0.2, 0.25) is 15.9 Å². The predicted molar refractivity (Wildman–Crippen MR) is 106 cm³/mol. The fourth-order valence-electron chi connectivity index (χ4n) is 2.36. The molecule has 0 radical (unpaired) electrons. The van der Waals surface area contributed by atoms with Gasteiger partial charge in [-0.1, -0.05) is 11.6 Å². The minimum Gasteiger partial charge on any atom is -0.497 e. The van der Waals surface area contributed by atoms with Gasteiger partial charge in [0.05, 0.1) is 43.5 Å². The number of benzene rings is 2. The first kappa shape index (κ1) is 21.8. The highest BCUT2D eigenvalue weighted by atomic mass is 35.5. The number of hydrogen-bond acceptors (Lipinski definition) is 6. The number of sulfonamides is 1. The van der Waals surface area contributed by atoms with Crippen LogP contribution in [-0.2, 0) is 14.8 Å². The van der Waals surface area contributed by atoms with E-state index in [9.17, 15) is 13.2 Å². The normalized spacial score (nSPS) is 11.2. The Labute approximate surface area is 169 Å². The van der Waals surface area contributed by atoms with Crippen molar-refractivity contribution in [3.05, 3.63) is 41.4 Å². The van der Waals surface area contributed by atoms with Gasteiger partial charge in [-0.05, 0) is 24.3 Å². The Morgan fingerprint density at radius 2 is 1.64 bits per heavy atom. The summed E-state index contributed by atoms with van der Waals surface area (Å²) in [6.45, 7) is -0.400. The Kier molecular flexibility index (Phi) is 7.11. The number of carbonyl (C=O) groups excluding carboxylic acids is 1. The molecule has 0 spiro atoms. The van der Waals surface area contributed by atoms with Crippen molar-refractivity contribution >= 4 is 33.2 Å². The van der Waals surface area contributed by atoms with E-state index in [-0.39, 0.29) is 4.90 Å². The number of anilines is 1. The number of nitrogens with zero attached hydrogens (tertiary/aromatic N) is 1. The minimum absolute atomic E-state index is 0.0503. The maximum absolute atomic E-state index is 12.6. The fourth-order valence-corrected chi connectivity index (χ4v) is 3.72. The molecule has 0 heterocycles. The number of nitrogens with one attached hydrogen (secondary N) is 1. The molecule has 1 amide bonds. The molecule has 0 atom stereocenters. The number of rotatable bonds is 8. The zero-order valence-corrected chi connectivity index (χ0v) is 17.4. The maximum atomic E-state index is 12.6. The van der Waals surface area contributed by atoms with E-state index in [1.165, 1.54) is 64.8 Å². The van der Waals surface area contributed by atoms with E-state index >= 15 is 0 Å². The van der Waals surface area contributed by atoms with Crippen molar-refractivity contribution in [1.82, 2.24) is 4.31 Å². The summed E-state index contributed by atoms with van der Waals surface area (Å²) in [5.74, 6) is 0.641. The Bertz CT molecular complexity index is 947. The third kappa shape index (κ3) is 4.86. The number of ether oxygens (including phenoxy) is 3. The van der Waals surface area contributed by atoms with E-state index in [1.807, 2.05) is 0 Å². The molecule has 0 saturated carbocycles. The van der Waals surface area contributed by atoms with E-state index < -0.39 is 22.5 Å². The molecule has 10 heteroatoms. The lowest BCUT2D eigenvalue weighted by atomic mass is 10.2. The first-order chi connectivity index (χ1) is 13.2. The lowest BCUT2D eigenvalue weighted by molar-refractivity contribution is -0.116. The molecule has 1 N–H and O–H groups in total. The zero-order chi connectivity index (χ0) is 20.9. The Morgan fingerprint density at radius 1 is 1.04 bits per heavy atom. The summed E-state index contributed by atoms with van der Waals surface area (Å²) in [6, 6.07) is 8.88. The van der Waals surface area contributed by atoms with Crippen molar-refractivity contribution in [1.29, 1.82) is 0 Å². The molecule has 8 nitrogen and oxygen atoms in total. The van der Waals surface area contributed by atoms with Gasteiger partial charge in [0.15, 0.2) is 0 Å². The van der Waals surface area contributed by atoms with Crippen LogP contribution in [0.25, 0.3) is 0 Å². The van der Waals surface area contributed by atoms with Gasteiger partial charge in [-0.2, -0.15) is 4.31 Å². The van der Waals surface area contributed by atoms with Crippen LogP contribution in [0.15, 0.2) is 41.3 Å². The highest BCUT2D eigenvalue weighted by molar-refractivity contribution is 7.89. The summed E-state index contributed by atoms with van der Waals surface area (Å²) in [5, 5.41) is 2.92. The molecule has 0 aliphatic heterocycles. The van der Waals surface area contributed by atoms with Crippen LogP contribution in [-0.4, -0.2) is 53.6 Å². The number of likely N-dealkylation sites (N-methyl/N-ethyl adjacent to an activating group) is 1. The summed E-state index contributed by atoms with van der Waals surface area (Å²) in [5.41, 5.74) is 0.309. The lowest BCUT2D eigenvalue weighted by Crippen LogP contribution is -2.35. The van der Waals surface area contributed by atoms with Gasteiger partial charge in [0, 0.05) is 19.2 Å². The minimum atomic E-state index is -3.85. The van der Waals surface area contributed by atoms with E-state index in [4.69, 9.17) is 25.8 Å². The first-order valence-electron chi connectivity index (χ1n) is 8.04. The van der Waals surface area contributed by atoms with Crippen LogP contribution < -0.4 is 19.5 Å². The Morgan fingerprint density at radius 3 is 2.18 bits per heavy atom. The van der Waals surface area contributed by atoms with Crippen molar-refractivity contribution < 1.29 is 27.4 Å². The van der Waals surface area contributed by atoms with E-state index in [2.05, 4.69) is 5.32 Å². The molecule has 0 aliphatic carbocycles. The molecule has 0 saturated heterocycles. The standard InChI is InChI=1S/C18H21ClN2O6S/c1-21(28(23,24)13-7-5-12(25-2)6-8-13)11-18(22)20-15-10-16(26-3)14(19)9-17(15)27-4/h5-10H,11H2,1-4H3,(H,20,22). The lowest BCUT2D eigenvalue weighted by Gasteiger charge is -2.18. The van der Waals surface area contributed by atoms with Crippen molar-refractivity contribution in [3.8, 4) is 17.2 Å². The topological polar surface area (TPSA) is 94.2 Å². The van der Waals surface area contributed by atoms with Gasteiger partial charge < -0.3 is 19.5 Å². The van der Waals surface area contributed by atoms with Gasteiger partial charge in [0.25, 0.3) is 0 Å². The number of carbonyl (C=O) groups is 1. The molecule has 0 aromatic heterocycles. The monoisotopic (exact) mass is 428 g/mol. The zero-order valence-electron chi connectivity index (χ0n) is 15.9. The molecule has 0 aliphatic rings. The van der Waals surface area contributed by atoms with Crippen molar-refractivity contribution in [2.75, 3.05) is 40.2 Å². The number of hydrogen-bond donors (Lipinski definition) is 1. The molecule has 2 aromatic rings. The smallest absolute Gasteiger partial charge is 0.243 e. The first-order valence-corrected chi connectivity index (χ1v) is 9.86. The number of amides is 1. The second-order valence-electron chi connectivity index (χ2n) is 5.67. The molecule has 28 heavy (non-hydrogen) atoms. The third-order valence-corrected chi connectivity index (χ3v) is 5.99. The summed E-state index contributed by atoms with van der Waals surface area (Å²) in [4.78, 5) is 12.4. The molecule has 0 bridgehead atoms. The SMILES string of the molecule is COc1ccc(S(=O)(=O)N(C)CC(=O)Nc2cc(OC)c(Cl)cc2OC)cc1. The second kappa shape index (κ2) is 9.13. The summed E-state index contributed by atoms with van der Waals surface area (Å²) in [6.07, 6.45) is 0. The van der Waals surface area contributed by atoms with Crippen LogP contribution in [0.2, 0.25) is 5.02 Å². The third-order valence-electron chi connectivity index (χ3n) is 3.88. The van der Waals surface area contributed by atoms with Crippen molar-refractivity contribution in [2.45, 2.75) is 4.90 Å².